The highest BCUT2D eigenvalue weighted by molar-refractivity contribution is 5.81. The number of benzene rings is 1. The van der Waals surface area contributed by atoms with Crippen molar-refractivity contribution in [2.24, 2.45) is 0 Å². The molecule has 1 aromatic rings. The molecule has 1 atom stereocenters. The number of esters is 2. The number of amides is 1. The number of ether oxygens (including phenoxy) is 3. The molecule has 0 aliphatic heterocycles. The van der Waals surface area contributed by atoms with Crippen molar-refractivity contribution >= 4 is 18.0 Å². The molecule has 0 aromatic heterocycles. The van der Waals surface area contributed by atoms with E-state index in [1.807, 2.05) is 30.3 Å². The molecule has 0 spiro atoms. The summed E-state index contributed by atoms with van der Waals surface area (Å²) in [6.07, 6.45) is 7.15. The smallest absolute Gasteiger partial charge is 0.408 e. The van der Waals surface area contributed by atoms with Gasteiger partial charge in [-0.15, -0.1) is 0 Å². The molecule has 0 radical (unpaired) electrons. The number of alkyl carbamates (subject to hydrolysis) is 1. The molecule has 7 nitrogen and oxygen atoms in total. The van der Waals surface area contributed by atoms with Crippen molar-refractivity contribution in [1.29, 1.82) is 0 Å². The summed E-state index contributed by atoms with van der Waals surface area (Å²) < 4.78 is 16.3. The van der Waals surface area contributed by atoms with Gasteiger partial charge < -0.3 is 19.5 Å². The maximum absolute atomic E-state index is 12.7. The van der Waals surface area contributed by atoms with Crippen LogP contribution in [0.15, 0.2) is 30.3 Å². The van der Waals surface area contributed by atoms with Crippen LogP contribution < -0.4 is 5.32 Å². The maximum atomic E-state index is 12.7. The highest BCUT2D eigenvalue weighted by atomic mass is 16.6. The van der Waals surface area contributed by atoms with Gasteiger partial charge in [-0.1, -0.05) is 49.6 Å². The number of hydrogen-bond donors (Lipinski definition) is 1. The molecule has 184 valence electrons. The zero-order valence-electron chi connectivity index (χ0n) is 20.3. The van der Waals surface area contributed by atoms with Gasteiger partial charge in [-0.05, 0) is 64.9 Å². The first-order chi connectivity index (χ1) is 15.7. The zero-order chi connectivity index (χ0) is 24.1. The summed E-state index contributed by atoms with van der Waals surface area (Å²) in [7, 11) is 0. The van der Waals surface area contributed by atoms with Gasteiger partial charge in [-0.3, -0.25) is 4.79 Å². The first-order valence-electron chi connectivity index (χ1n) is 12.1. The third-order valence-electron chi connectivity index (χ3n) is 5.43. The zero-order valence-corrected chi connectivity index (χ0v) is 20.3. The first kappa shape index (κ1) is 26.7. The van der Waals surface area contributed by atoms with E-state index in [2.05, 4.69) is 5.32 Å². The first-order valence-corrected chi connectivity index (χ1v) is 12.1. The van der Waals surface area contributed by atoms with Crippen LogP contribution in [0, 0.1) is 0 Å². The van der Waals surface area contributed by atoms with Crippen LogP contribution in [0.1, 0.15) is 90.5 Å². The van der Waals surface area contributed by atoms with Crippen LogP contribution in [0.2, 0.25) is 0 Å². The van der Waals surface area contributed by atoms with Gasteiger partial charge in [0.05, 0.1) is 0 Å². The second-order valence-corrected chi connectivity index (χ2v) is 9.64. The fourth-order valence-corrected chi connectivity index (χ4v) is 3.73. The van der Waals surface area contributed by atoms with Gasteiger partial charge in [0.2, 0.25) is 0 Å². The minimum Gasteiger partial charge on any atom is -0.461 e. The minimum atomic E-state index is -0.758. The predicted octanol–water partition coefficient (Wildman–Crippen LogP) is 5.45. The van der Waals surface area contributed by atoms with Crippen LogP contribution in [-0.4, -0.2) is 35.8 Å². The molecule has 1 amide bonds. The Morgan fingerprint density at radius 1 is 1.00 bits per heavy atom. The maximum Gasteiger partial charge on any atom is 0.408 e. The highest BCUT2D eigenvalue weighted by Crippen LogP contribution is 2.21. The van der Waals surface area contributed by atoms with Crippen LogP contribution >= 0.6 is 0 Å². The Morgan fingerprint density at radius 3 is 2.36 bits per heavy atom. The fraction of sp³-hybridized carbons (Fsp3) is 0.654. The van der Waals surface area contributed by atoms with Gasteiger partial charge in [0.1, 0.15) is 24.4 Å². The summed E-state index contributed by atoms with van der Waals surface area (Å²) in [6.45, 7) is 5.60. The van der Waals surface area contributed by atoms with Gasteiger partial charge in [0.25, 0.3) is 0 Å². The third-order valence-corrected chi connectivity index (χ3v) is 5.43. The highest BCUT2D eigenvalue weighted by Gasteiger charge is 2.28. The van der Waals surface area contributed by atoms with Crippen molar-refractivity contribution in [1.82, 2.24) is 5.32 Å². The van der Waals surface area contributed by atoms with Gasteiger partial charge in [-0.25, -0.2) is 9.59 Å². The van der Waals surface area contributed by atoms with Crippen molar-refractivity contribution < 1.29 is 28.6 Å². The van der Waals surface area contributed by atoms with Gasteiger partial charge in [0, 0.05) is 6.42 Å². The second kappa shape index (κ2) is 13.9. The Morgan fingerprint density at radius 2 is 1.70 bits per heavy atom. The summed E-state index contributed by atoms with van der Waals surface area (Å²) >= 11 is 0. The molecule has 0 saturated heterocycles. The van der Waals surface area contributed by atoms with E-state index in [1.54, 1.807) is 20.8 Å². The molecule has 0 unspecified atom stereocenters. The van der Waals surface area contributed by atoms with Crippen LogP contribution in [0.25, 0.3) is 0 Å². The lowest BCUT2D eigenvalue weighted by Crippen LogP contribution is -2.45. The molecule has 0 bridgehead atoms. The molecule has 0 heterocycles. The lowest BCUT2D eigenvalue weighted by atomic mass is 9.97. The number of hydrogen-bond acceptors (Lipinski definition) is 6. The Labute approximate surface area is 197 Å². The molecule has 2 rings (SSSR count). The largest absolute Gasteiger partial charge is 0.461 e. The summed E-state index contributed by atoms with van der Waals surface area (Å²) in [5.41, 5.74) is 0.306. The topological polar surface area (TPSA) is 90.9 Å². The van der Waals surface area contributed by atoms with Crippen molar-refractivity contribution in [3.8, 4) is 0 Å². The van der Waals surface area contributed by atoms with Gasteiger partial charge in [-0.2, -0.15) is 0 Å². The Balaban J connectivity index is 1.74. The lowest BCUT2D eigenvalue weighted by molar-refractivity contribution is -0.153. The quantitative estimate of drug-likeness (QED) is 0.268. The van der Waals surface area contributed by atoms with Gasteiger partial charge >= 0.3 is 18.0 Å². The Kier molecular flexibility index (Phi) is 11.2. The van der Waals surface area contributed by atoms with Crippen LogP contribution in [0.5, 0.6) is 0 Å². The van der Waals surface area contributed by atoms with E-state index >= 15 is 0 Å². The van der Waals surface area contributed by atoms with Crippen molar-refractivity contribution in [2.75, 3.05) is 0 Å². The molecule has 1 aliphatic carbocycles. The number of rotatable bonds is 11. The number of unbranched alkanes of at least 4 members (excludes halogenated alkanes) is 2. The van der Waals surface area contributed by atoms with E-state index in [9.17, 15) is 14.4 Å². The fourth-order valence-electron chi connectivity index (χ4n) is 3.73. The minimum absolute atomic E-state index is 0.0754. The molecule has 1 aromatic carbocycles. The lowest BCUT2D eigenvalue weighted by Gasteiger charge is -2.26. The second-order valence-electron chi connectivity index (χ2n) is 9.64. The number of nitrogens with one attached hydrogen (secondary N) is 1. The summed E-state index contributed by atoms with van der Waals surface area (Å²) in [4.78, 5) is 36.9. The van der Waals surface area contributed by atoms with Crippen LogP contribution in [-0.2, 0) is 30.4 Å². The molecule has 1 aliphatic rings. The SMILES string of the molecule is CC(C)(C)OC(=O)N[C@@H](CCCCCC(=O)OCc1ccccc1)C(=O)OC1CCCCC1. The third kappa shape index (κ3) is 11.7. The van der Waals surface area contributed by atoms with E-state index in [-0.39, 0.29) is 18.7 Å². The van der Waals surface area contributed by atoms with Crippen molar-refractivity contribution in [2.45, 2.75) is 109 Å². The van der Waals surface area contributed by atoms with E-state index in [0.717, 1.165) is 37.7 Å². The molecule has 7 heteroatoms. The van der Waals surface area contributed by atoms with E-state index in [0.29, 0.717) is 25.7 Å². The molecule has 1 fully saturated rings. The van der Waals surface area contributed by atoms with Gasteiger partial charge in [0.15, 0.2) is 0 Å². The van der Waals surface area contributed by atoms with Crippen LogP contribution in [0.3, 0.4) is 0 Å². The number of carbonyl (C=O) groups excluding carboxylic acids is 3. The summed E-state index contributed by atoms with van der Waals surface area (Å²) in [5.74, 6) is -0.644. The van der Waals surface area contributed by atoms with E-state index < -0.39 is 23.7 Å². The Hall–Kier alpha value is -2.57. The monoisotopic (exact) mass is 461 g/mol. The Bertz CT molecular complexity index is 737. The van der Waals surface area contributed by atoms with Crippen molar-refractivity contribution in [3.05, 3.63) is 35.9 Å². The van der Waals surface area contributed by atoms with Crippen molar-refractivity contribution in [3.63, 3.8) is 0 Å². The molecular weight excluding hydrogens is 422 g/mol. The number of carbonyl (C=O) groups is 3. The normalized spacial score (nSPS) is 15.4. The molecular formula is C26H39NO6. The standard InChI is InChI=1S/C26H39NO6/c1-26(2,3)33-25(30)27-22(24(29)32-21-15-9-5-10-16-21)17-11-6-12-18-23(28)31-19-20-13-7-4-8-14-20/h4,7-8,13-14,21-22H,5-6,9-12,15-19H2,1-3H3,(H,27,30)/t22-/m0/s1. The average Bonchev–Trinajstić information content (AvgIpc) is 2.76. The predicted molar refractivity (Wildman–Crippen MR) is 125 cm³/mol. The average molecular weight is 462 g/mol. The van der Waals surface area contributed by atoms with E-state index in [1.165, 1.54) is 6.42 Å². The molecule has 33 heavy (non-hydrogen) atoms. The van der Waals surface area contributed by atoms with E-state index in [4.69, 9.17) is 14.2 Å². The summed E-state index contributed by atoms with van der Waals surface area (Å²) in [5, 5.41) is 2.67. The molecule has 1 N–H and O–H groups in total. The van der Waals surface area contributed by atoms with Crippen LogP contribution in [0.4, 0.5) is 4.79 Å². The molecule has 1 saturated carbocycles. The summed E-state index contributed by atoms with van der Waals surface area (Å²) in [6, 6.07) is 8.80.